The number of amides is 4. The molecule has 0 rings (SSSR count). The molecule has 2 unspecified atom stereocenters. The van der Waals surface area contributed by atoms with E-state index in [2.05, 4.69) is 33.9 Å². The van der Waals surface area contributed by atoms with Gasteiger partial charge in [0.25, 0.3) is 0 Å². The van der Waals surface area contributed by atoms with Crippen LogP contribution in [0.2, 0.25) is 0 Å². The Balaban J connectivity index is 3.87. The molecule has 0 fully saturated rings. The van der Waals surface area contributed by atoms with Gasteiger partial charge in [-0.3, -0.25) is 24.0 Å². The first-order valence-corrected chi connectivity index (χ1v) is 19.1. The molecule has 4 amide bonds. The minimum Gasteiger partial charge on any atom is -0.481 e. The Kier molecular flexibility index (Phi) is 31.2. The molecule has 0 bridgehead atoms. The number of aliphatic carboxylic acids is 3. The minimum absolute atomic E-state index is 0.0522. The van der Waals surface area contributed by atoms with Crippen molar-refractivity contribution in [2.45, 2.75) is 134 Å². The largest absolute Gasteiger partial charge is 0.481 e. The van der Waals surface area contributed by atoms with Crippen LogP contribution in [0.1, 0.15) is 122 Å². The van der Waals surface area contributed by atoms with Gasteiger partial charge in [-0.25, -0.2) is 9.59 Å². The molecule has 0 aromatic carbocycles. The highest BCUT2D eigenvalue weighted by atomic mass is 32.1. The minimum atomic E-state index is -1.20. The lowest BCUT2D eigenvalue weighted by Gasteiger charge is -2.15. The first kappa shape index (κ1) is 48.6. The van der Waals surface area contributed by atoms with Crippen molar-refractivity contribution in [3.8, 4) is 0 Å². The highest BCUT2D eigenvalue weighted by Crippen LogP contribution is 2.13. The van der Waals surface area contributed by atoms with Crippen LogP contribution in [0.25, 0.3) is 0 Å². The molecule has 16 nitrogen and oxygen atoms in total. The summed E-state index contributed by atoms with van der Waals surface area (Å²) in [5.74, 6) is -4.58. The van der Waals surface area contributed by atoms with E-state index in [1.165, 1.54) is 12.8 Å². The Labute approximate surface area is 312 Å². The van der Waals surface area contributed by atoms with Crippen LogP contribution in [0.3, 0.4) is 0 Å². The van der Waals surface area contributed by atoms with Crippen molar-refractivity contribution < 1.29 is 58.4 Å². The molecule has 0 heterocycles. The van der Waals surface area contributed by atoms with Crippen molar-refractivity contribution >= 4 is 54.2 Å². The second kappa shape index (κ2) is 33.4. The van der Waals surface area contributed by atoms with Gasteiger partial charge in [-0.05, 0) is 38.5 Å². The maximum Gasteiger partial charge on any atom is 0.326 e. The fraction of sp³-hybridized carbons (Fsp3) is 0.800. The third-order valence-electron chi connectivity index (χ3n) is 8.03. The Morgan fingerprint density at radius 3 is 1.54 bits per heavy atom. The van der Waals surface area contributed by atoms with Crippen LogP contribution in [0.15, 0.2) is 0 Å². The van der Waals surface area contributed by atoms with Crippen molar-refractivity contribution in [2.24, 2.45) is 0 Å². The van der Waals surface area contributed by atoms with E-state index in [9.17, 15) is 43.8 Å². The number of thiol groups is 1. The number of nitrogens with one attached hydrogen (secondary N) is 4. The highest BCUT2D eigenvalue weighted by molar-refractivity contribution is 7.81. The number of carboxylic acid groups (broad SMARTS) is 3. The topological polar surface area (TPSA) is 247 Å². The summed E-state index contributed by atoms with van der Waals surface area (Å²) >= 11 is 3.85. The molecule has 52 heavy (non-hydrogen) atoms. The van der Waals surface area contributed by atoms with E-state index >= 15 is 0 Å². The van der Waals surface area contributed by atoms with E-state index in [1.54, 1.807) is 0 Å². The summed E-state index contributed by atoms with van der Waals surface area (Å²) in [5, 5.41) is 37.6. The van der Waals surface area contributed by atoms with Crippen LogP contribution in [0.4, 0.5) is 0 Å². The maximum atomic E-state index is 12.3. The highest BCUT2D eigenvalue weighted by Gasteiger charge is 2.21. The van der Waals surface area contributed by atoms with Crippen LogP contribution < -0.4 is 21.3 Å². The maximum absolute atomic E-state index is 12.3. The lowest BCUT2D eigenvalue weighted by molar-refractivity contribution is -0.143. The van der Waals surface area contributed by atoms with Gasteiger partial charge in [0, 0.05) is 32.4 Å². The van der Waals surface area contributed by atoms with Crippen molar-refractivity contribution in [1.29, 1.82) is 0 Å². The third-order valence-corrected chi connectivity index (χ3v) is 8.32. The molecular weight excluding hydrogens is 700 g/mol. The number of rotatable bonds is 36. The van der Waals surface area contributed by atoms with Crippen LogP contribution in [0, 0.1) is 0 Å². The van der Waals surface area contributed by atoms with E-state index in [0.717, 1.165) is 57.8 Å². The molecule has 0 aromatic rings. The normalized spacial score (nSPS) is 12.0. The first-order valence-electron chi connectivity index (χ1n) is 18.5. The molecule has 0 aliphatic rings. The zero-order chi connectivity index (χ0) is 38.8. The first-order chi connectivity index (χ1) is 25.0. The van der Waals surface area contributed by atoms with Crippen molar-refractivity contribution in [3.05, 3.63) is 0 Å². The summed E-state index contributed by atoms with van der Waals surface area (Å²) in [5.41, 5.74) is 0. The number of carbonyl (C=O) groups is 7. The number of hydrogen-bond acceptors (Lipinski definition) is 10. The number of ether oxygens (including phenoxy) is 2. The van der Waals surface area contributed by atoms with Crippen LogP contribution >= 0.6 is 12.6 Å². The number of unbranched alkanes of at least 4 members (excludes halogenated alkanes) is 12. The zero-order valence-corrected chi connectivity index (χ0v) is 31.4. The molecule has 0 saturated carbocycles. The van der Waals surface area contributed by atoms with Crippen molar-refractivity contribution in [1.82, 2.24) is 21.3 Å². The number of carbonyl (C=O) groups excluding carboxylic acids is 4. The molecule has 0 spiro atoms. The zero-order valence-electron chi connectivity index (χ0n) is 30.5. The molecule has 17 heteroatoms. The molecule has 300 valence electrons. The summed E-state index contributed by atoms with van der Waals surface area (Å²) in [4.78, 5) is 81.1. The lowest BCUT2D eigenvalue weighted by atomic mass is 10.0. The average molecular weight is 763 g/mol. The summed E-state index contributed by atoms with van der Waals surface area (Å²) in [7, 11) is 0. The van der Waals surface area contributed by atoms with Crippen molar-refractivity contribution in [2.75, 3.05) is 45.3 Å². The molecular formula is C35H62N4O12S. The summed E-state index contributed by atoms with van der Waals surface area (Å²) in [6.45, 7) is 0.530. The Hall–Kier alpha value is -3.44. The van der Waals surface area contributed by atoms with Gasteiger partial charge in [0.05, 0.1) is 25.6 Å². The van der Waals surface area contributed by atoms with Crippen LogP contribution in [-0.2, 0) is 43.0 Å². The third kappa shape index (κ3) is 31.3. The summed E-state index contributed by atoms with van der Waals surface area (Å²) < 4.78 is 10.5. The molecule has 0 aliphatic carbocycles. The number of carboxylic acids is 3. The monoisotopic (exact) mass is 762 g/mol. The van der Waals surface area contributed by atoms with Crippen LogP contribution in [0.5, 0.6) is 0 Å². The van der Waals surface area contributed by atoms with Gasteiger partial charge in [-0.1, -0.05) is 64.2 Å². The molecule has 7 N–H and O–H groups in total. The van der Waals surface area contributed by atoms with Gasteiger partial charge < -0.3 is 46.1 Å². The smallest absolute Gasteiger partial charge is 0.326 e. The van der Waals surface area contributed by atoms with Gasteiger partial charge in [0.1, 0.15) is 18.7 Å². The molecule has 2 atom stereocenters. The SMILES string of the molecule is O=C(O)CCCCCCCCCCCCCCC(=O)NC(CCC(=O)NCCOCCOCC(=O)NC(CCCCNC(=O)CS)C(=O)O)C(=O)O. The molecule has 0 saturated heterocycles. The van der Waals surface area contributed by atoms with Crippen molar-refractivity contribution in [3.63, 3.8) is 0 Å². The second-order valence-electron chi connectivity index (χ2n) is 12.6. The van der Waals surface area contributed by atoms with Gasteiger partial charge >= 0.3 is 17.9 Å². The fourth-order valence-corrected chi connectivity index (χ4v) is 5.23. The summed E-state index contributed by atoms with van der Waals surface area (Å²) in [6.07, 6.45) is 13.8. The van der Waals surface area contributed by atoms with E-state index in [-0.39, 0.29) is 88.6 Å². The predicted molar refractivity (Wildman–Crippen MR) is 196 cm³/mol. The summed E-state index contributed by atoms with van der Waals surface area (Å²) in [6, 6.07) is -2.24. The van der Waals surface area contributed by atoms with Gasteiger partial charge in [0.2, 0.25) is 23.6 Å². The van der Waals surface area contributed by atoms with Gasteiger partial charge in [-0.15, -0.1) is 0 Å². The van der Waals surface area contributed by atoms with E-state index in [4.69, 9.17) is 14.6 Å². The standard InChI is InChI=1S/C35H62N4O12S/c40-29(37-21-22-50-23-24-51-25-31(42)39-27(34(46)47)15-13-14-20-36-32(43)26-52)19-18-28(35(48)49)38-30(41)16-11-9-7-5-3-1-2-4-6-8-10-12-17-33(44)45/h27-28,52H,1-26H2,(H,36,43)(H,37,40)(H,38,41)(H,39,42)(H,44,45)(H,46,47)(H,48,49). The Bertz CT molecular complexity index is 1050. The van der Waals surface area contributed by atoms with Crippen LogP contribution in [-0.4, -0.2) is 114 Å². The second-order valence-corrected chi connectivity index (χ2v) is 12.9. The number of hydrogen-bond donors (Lipinski definition) is 8. The molecule has 0 radical (unpaired) electrons. The fourth-order valence-electron chi connectivity index (χ4n) is 5.12. The quantitative estimate of drug-likeness (QED) is 0.0339. The molecule has 0 aliphatic heterocycles. The Morgan fingerprint density at radius 2 is 0.981 bits per heavy atom. The molecule has 0 aromatic heterocycles. The Morgan fingerprint density at radius 1 is 0.481 bits per heavy atom. The van der Waals surface area contributed by atoms with E-state index in [1.807, 2.05) is 0 Å². The lowest BCUT2D eigenvalue weighted by Crippen LogP contribution is -2.42. The van der Waals surface area contributed by atoms with Gasteiger partial charge in [0.15, 0.2) is 0 Å². The van der Waals surface area contributed by atoms with Gasteiger partial charge in [-0.2, -0.15) is 12.6 Å². The van der Waals surface area contributed by atoms with E-state index < -0.39 is 35.9 Å². The van der Waals surface area contributed by atoms with E-state index in [0.29, 0.717) is 25.8 Å². The average Bonchev–Trinajstić information content (AvgIpc) is 3.10. The predicted octanol–water partition coefficient (Wildman–Crippen LogP) is 2.82.